The van der Waals surface area contributed by atoms with E-state index in [1.165, 1.54) is 0 Å². The molecule has 0 unspecified atom stereocenters. The van der Waals surface area contributed by atoms with E-state index < -0.39 is 24.4 Å². The average Bonchev–Trinajstić information content (AvgIpc) is 2.91. The average molecular weight is 398 g/mol. The van der Waals surface area contributed by atoms with Gasteiger partial charge in [0.25, 0.3) is 5.91 Å². The summed E-state index contributed by atoms with van der Waals surface area (Å²) in [5.41, 5.74) is 1.13. The van der Waals surface area contributed by atoms with Gasteiger partial charge in [0.2, 0.25) is 0 Å². The minimum Gasteiger partial charge on any atom is -0.548 e. The van der Waals surface area contributed by atoms with Crippen molar-refractivity contribution in [2.24, 2.45) is 0 Å². The lowest BCUT2D eigenvalue weighted by atomic mass is 10.2. The van der Waals surface area contributed by atoms with Gasteiger partial charge in [0.15, 0.2) is 0 Å². The Labute approximate surface area is 164 Å². The van der Waals surface area contributed by atoms with Gasteiger partial charge in [0.05, 0.1) is 23.0 Å². The molecule has 3 rings (SSSR count). The van der Waals surface area contributed by atoms with Gasteiger partial charge in [-0.3, -0.25) is 9.69 Å². The van der Waals surface area contributed by atoms with Gasteiger partial charge in [-0.05, 0) is 35.9 Å². The Hall–Kier alpha value is -2.97. The molecular weight excluding hydrogens is 386 g/mol. The number of hydrogen-bond acceptors (Lipinski definition) is 7. The topological polar surface area (TPSA) is 86.7 Å². The number of carbonyl (C=O) groups is 3. The highest BCUT2D eigenvalue weighted by atomic mass is 32.2. The molecule has 2 aromatic rings. The van der Waals surface area contributed by atoms with E-state index in [2.05, 4.69) is 0 Å². The highest BCUT2D eigenvalue weighted by Gasteiger charge is 2.31. The van der Waals surface area contributed by atoms with Crippen molar-refractivity contribution in [1.82, 2.24) is 4.90 Å². The number of amides is 1. The van der Waals surface area contributed by atoms with Crippen molar-refractivity contribution in [2.45, 2.75) is 0 Å². The smallest absolute Gasteiger partial charge is 0.343 e. The number of ether oxygens (including phenoxy) is 1. The van der Waals surface area contributed by atoms with Crippen LogP contribution in [0.2, 0.25) is 0 Å². The number of benzene rings is 2. The molecule has 1 aliphatic rings. The number of thioether (sulfide) groups is 1. The summed E-state index contributed by atoms with van der Waals surface area (Å²) in [6.07, 6.45) is 1.59. The molecule has 1 fully saturated rings. The number of nitrogens with zero attached hydrogens (tertiary/aromatic N) is 1. The fourth-order valence-electron chi connectivity index (χ4n) is 2.29. The molecule has 1 aliphatic heterocycles. The highest BCUT2D eigenvalue weighted by molar-refractivity contribution is 8.26. The molecule has 0 saturated carbocycles. The molecule has 1 heterocycles. The van der Waals surface area contributed by atoms with Crippen LogP contribution in [-0.4, -0.2) is 33.6 Å². The molecule has 1 amide bonds. The third-order valence-corrected chi connectivity index (χ3v) is 4.94. The van der Waals surface area contributed by atoms with Gasteiger partial charge in [-0.25, -0.2) is 4.79 Å². The molecule has 1 saturated heterocycles. The molecule has 8 heteroatoms. The van der Waals surface area contributed by atoms with E-state index in [-0.39, 0.29) is 4.32 Å². The molecule has 6 nitrogen and oxygen atoms in total. The number of esters is 1. The van der Waals surface area contributed by atoms with Crippen LogP contribution in [0.3, 0.4) is 0 Å². The van der Waals surface area contributed by atoms with Crippen LogP contribution in [0.15, 0.2) is 59.5 Å². The summed E-state index contributed by atoms with van der Waals surface area (Å²) in [5, 5.41) is 10.7. The summed E-state index contributed by atoms with van der Waals surface area (Å²) in [4.78, 5) is 36.2. The molecule has 0 aliphatic carbocycles. The van der Waals surface area contributed by atoms with Crippen LogP contribution in [-0.2, 0) is 9.59 Å². The van der Waals surface area contributed by atoms with Gasteiger partial charge in [-0.1, -0.05) is 54.3 Å². The molecule has 0 aromatic heterocycles. The van der Waals surface area contributed by atoms with Gasteiger partial charge in [0, 0.05) is 0 Å². The number of carboxylic acids is 1. The van der Waals surface area contributed by atoms with E-state index >= 15 is 0 Å². The fourth-order valence-corrected chi connectivity index (χ4v) is 3.54. The molecule has 136 valence electrons. The van der Waals surface area contributed by atoms with E-state index in [0.29, 0.717) is 21.8 Å². The second kappa shape index (κ2) is 8.15. The molecule has 27 heavy (non-hydrogen) atoms. The number of hydrogen-bond donors (Lipinski definition) is 0. The molecule has 0 N–H and O–H groups in total. The Bertz CT molecular complexity index is 938. The lowest BCUT2D eigenvalue weighted by Crippen LogP contribution is -2.40. The van der Waals surface area contributed by atoms with Crippen LogP contribution in [0, 0.1) is 0 Å². The Balaban J connectivity index is 1.70. The summed E-state index contributed by atoms with van der Waals surface area (Å²) in [6.45, 7) is -0.573. The summed E-state index contributed by atoms with van der Waals surface area (Å²) in [5.74, 6) is -1.96. The molecule has 0 bridgehead atoms. The monoisotopic (exact) mass is 398 g/mol. The molecule has 0 spiro atoms. The third-order valence-electron chi connectivity index (χ3n) is 3.56. The molecule has 0 atom stereocenters. The number of carboxylic acid groups (broad SMARTS) is 1. The van der Waals surface area contributed by atoms with Crippen molar-refractivity contribution in [3.05, 3.63) is 70.6 Å². The standard InChI is InChI=1S/C19H13NO5S2/c21-16(22)11-20-17(23)15(27-19(20)26)10-12-6-8-14(9-7-12)25-18(24)13-4-2-1-3-5-13/h1-10H,11H2,(H,21,22)/p-1/b15-10-. The van der Waals surface area contributed by atoms with E-state index in [0.717, 1.165) is 16.7 Å². The van der Waals surface area contributed by atoms with Crippen LogP contribution in [0.5, 0.6) is 5.75 Å². The number of thiocarbonyl (C=S) groups is 1. The van der Waals surface area contributed by atoms with Crippen molar-refractivity contribution in [3.63, 3.8) is 0 Å². The van der Waals surface area contributed by atoms with Crippen molar-refractivity contribution in [2.75, 3.05) is 6.54 Å². The molecule has 2 aromatic carbocycles. The van der Waals surface area contributed by atoms with Crippen LogP contribution in [0.1, 0.15) is 15.9 Å². The zero-order valence-electron chi connectivity index (χ0n) is 13.8. The van der Waals surface area contributed by atoms with Gasteiger partial charge in [0.1, 0.15) is 10.1 Å². The Morgan fingerprint density at radius 2 is 1.78 bits per heavy atom. The Morgan fingerprint density at radius 3 is 2.41 bits per heavy atom. The van der Waals surface area contributed by atoms with Gasteiger partial charge < -0.3 is 14.6 Å². The molecular formula is C19H12NO5S2-. The second-order valence-electron chi connectivity index (χ2n) is 5.46. The van der Waals surface area contributed by atoms with E-state index in [1.807, 2.05) is 0 Å². The maximum atomic E-state index is 12.2. The first-order chi connectivity index (χ1) is 12.9. The first kappa shape index (κ1) is 18.8. The van der Waals surface area contributed by atoms with Crippen molar-refractivity contribution >= 4 is 52.2 Å². The lowest BCUT2D eigenvalue weighted by molar-refractivity contribution is -0.305. The van der Waals surface area contributed by atoms with Crippen LogP contribution < -0.4 is 9.84 Å². The largest absolute Gasteiger partial charge is 0.548 e. The van der Waals surface area contributed by atoms with E-state index in [9.17, 15) is 19.5 Å². The quantitative estimate of drug-likeness (QED) is 0.329. The molecule has 0 radical (unpaired) electrons. The summed E-state index contributed by atoms with van der Waals surface area (Å²) >= 11 is 6.05. The van der Waals surface area contributed by atoms with Crippen LogP contribution in [0.4, 0.5) is 0 Å². The summed E-state index contributed by atoms with van der Waals surface area (Å²) in [7, 11) is 0. The number of aliphatic carboxylic acids is 1. The van der Waals surface area contributed by atoms with E-state index in [1.54, 1.807) is 60.7 Å². The van der Waals surface area contributed by atoms with Crippen LogP contribution >= 0.6 is 24.0 Å². The predicted octanol–water partition coefficient (Wildman–Crippen LogP) is 1.86. The Kier molecular flexibility index (Phi) is 5.68. The van der Waals surface area contributed by atoms with Gasteiger partial charge >= 0.3 is 5.97 Å². The zero-order valence-corrected chi connectivity index (χ0v) is 15.4. The van der Waals surface area contributed by atoms with Gasteiger partial charge in [-0.15, -0.1) is 0 Å². The first-order valence-corrected chi connectivity index (χ1v) is 8.99. The van der Waals surface area contributed by atoms with Crippen molar-refractivity contribution in [3.8, 4) is 5.75 Å². The highest BCUT2D eigenvalue weighted by Crippen LogP contribution is 2.32. The summed E-state index contributed by atoms with van der Waals surface area (Å²) in [6, 6.07) is 15.2. The maximum Gasteiger partial charge on any atom is 0.343 e. The van der Waals surface area contributed by atoms with Crippen molar-refractivity contribution < 1.29 is 24.2 Å². The number of carbonyl (C=O) groups excluding carboxylic acids is 3. The fraction of sp³-hybridized carbons (Fsp3) is 0.0526. The van der Waals surface area contributed by atoms with Gasteiger partial charge in [-0.2, -0.15) is 0 Å². The number of rotatable bonds is 5. The SMILES string of the molecule is O=C([O-])CN1C(=O)/C(=C/c2ccc(OC(=O)c3ccccc3)cc2)SC1=S. The minimum atomic E-state index is -1.38. The maximum absolute atomic E-state index is 12.2. The van der Waals surface area contributed by atoms with E-state index in [4.69, 9.17) is 17.0 Å². The van der Waals surface area contributed by atoms with Crippen LogP contribution in [0.25, 0.3) is 6.08 Å². The predicted molar refractivity (Wildman–Crippen MR) is 103 cm³/mol. The summed E-state index contributed by atoms with van der Waals surface area (Å²) < 4.78 is 5.46. The lowest BCUT2D eigenvalue weighted by Gasteiger charge is -2.14. The second-order valence-corrected chi connectivity index (χ2v) is 7.14. The van der Waals surface area contributed by atoms with Crippen molar-refractivity contribution in [1.29, 1.82) is 0 Å². The Morgan fingerprint density at radius 1 is 1.11 bits per heavy atom. The first-order valence-electron chi connectivity index (χ1n) is 7.76. The minimum absolute atomic E-state index is 0.170. The normalized spacial score (nSPS) is 15.3. The zero-order chi connectivity index (χ0) is 19.4. The third kappa shape index (κ3) is 4.60.